The molecule has 1 aromatic rings. The van der Waals surface area contributed by atoms with Crippen molar-refractivity contribution < 1.29 is 33.2 Å². The van der Waals surface area contributed by atoms with Crippen LogP contribution in [0, 0.1) is 0 Å². The Morgan fingerprint density at radius 1 is 1.08 bits per heavy atom. The van der Waals surface area contributed by atoms with Crippen molar-refractivity contribution in [2.24, 2.45) is 0 Å². The van der Waals surface area contributed by atoms with Gasteiger partial charge in [-0.3, -0.25) is 14.5 Å². The maximum atomic E-state index is 14.1. The highest BCUT2D eigenvalue weighted by molar-refractivity contribution is 6.62. The fourth-order valence-corrected chi connectivity index (χ4v) is 4.91. The highest BCUT2D eigenvalue weighted by Gasteiger charge is 2.52. The highest BCUT2D eigenvalue weighted by Crippen LogP contribution is 2.37. The van der Waals surface area contributed by atoms with Gasteiger partial charge in [0.1, 0.15) is 12.2 Å². The molecule has 0 spiro atoms. The van der Waals surface area contributed by atoms with Gasteiger partial charge in [-0.1, -0.05) is 24.3 Å². The number of benzene rings is 1. The van der Waals surface area contributed by atoms with Crippen molar-refractivity contribution in [3.63, 3.8) is 0 Å². The zero-order valence-electron chi connectivity index (χ0n) is 23.9. The molecule has 0 unspecified atom stereocenters. The van der Waals surface area contributed by atoms with Crippen LogP contribution in [0.5, 0.6) is 0 Å². The lowest BCUT2D eigenvalue weighted by atomic mass is 9.77. The number of carbonyl (C=O) groups is 3. The number of carboxylic acid groups (broad SMARTS) is 1. The fourth-order valence-electron chi connectivity index (χ4n) is 4.91. The van der Waals surface area contributed by atoms with E-state index in [2.05, 4.69) is 0 Å². The number of likely N-dealkylation sites (tertiary alicyclic amines) is 1. The molecule has 210 valence electrons. The Morgan fingerprint density at radius 3 is 2.00 bits per heavy atom. The molecule has 0 saturated carbocycles. The van der Waals surface area contributed by atoms with E-state index in [1.54, 1.807) is 59.1 Å². The SMILES string of the molecule is CN(C)C(=O)[C@H](c1ccc(B2OC(C)(C)C(C)(C)O2)cc1)[C@@H](C(=O)N1CC[C@H](F)C1)N(C(=O)O)C(C)(C)C. The van der Waals surface area contributed by atoms with E-state index in [0.29, 0.717) is 5.56 Å². The fraction of sp³-hybridized carbons (Fsp3) is 0.667. The second kappa shape index (κ2) is 10.5. The van der Waals surface area contributed by atoms with Crippen molar-refractivity contribution in [2.45, 2.75) is 89.8 Å². The molecular weight excluding hydrogens is 492 g/mol. The topological polar surface area (TPSA) is 99.6 Å². The van der Waals surface area contributed by atoms with E-state index in [1.165, 1.54) is 9.80 Å². The maximum absolute atomic E-state index is 14.1. The lowest BCUT2D eigenvalue weighted by Crippen LogP contribution is -2.61. The van der Waals surface area contributed by atoms with Gasteiger partial charge in [-0.25, -0.2) is 9.18 Å². The van der Waals surface area contributed by atoms with E-state index < -0.39 is 59.9 Å². The van der Waals surface area contributed by atoms with Crippen LogP contribution < -0.4 is 5.46 Å². The molecule has 3 atom stereocenters. The summed E-state index contributed by atoms with van der Waals surface area (Å²) < 4.78 is 26.3. The summed E-state index contributed by atoms with van der Waals surface area (Å²) >= 11 is 0. The molecule has 9 nitrogen and oxygen atoms in total. The van der Waals surface area contributed by atoms with Crippen LogP contribution in [0.25, 0.3) is 0 Å². The molecule has 1 N–H and O–H groups in total. The van der Waals surface area contributed by atoms with E-state index in [9.17, 15) is 23.9 Å². The number of nitrogens with zero attached hydrogens (tertiary/aromatic N) is 3. The first-order chi connectivity index (χ1) is 17.4. The summed E-state index contributed by atoms with van der Waals surface area (Å²) in [4.78, 5) is 43.8. The Hall–Kier alpha value is -2.66. The Kier molecular flexibility index (Phi) is 8.25. The van der Waals surface area contributed by atoms with Crippen LogP contribution in [0.1, 0.15) is 66.4 Å². The minimum atomic E-state index is -1.39. The zero-order chi connectivity index (χ0) is 28.8. The van der Waals surface area contributed by atoms with Crippen molar-refractivity contribution in [2.75, 3.05) is 27.2 Å². The van der Waals surface area contributed by atoms with Crippen LogP contribution in [0.4, 0.5) is 9.18 Å². The van der Waals surface area contributed by atoms with Crippen LogP contribution in [-0.2, 0) is 18.9 Å². The lowest BCUT2D eigenvalue weighted by molar-refractivity contribution is -0.144. The van der Waals surface area contributed by atoms with Crippen LogP contribution in [0.2, 0.25) is 0 Å². The number of amides is 3. The second-order valence-electron chi connectivity index (χ2n) is 12.4. The summed E-state index contributed by atoms with van der Waals surface area (Å²) in [5.74, 6) is -2.17. The third-order valence-electron chi connectivity index (χ3n) is 7.75. The largest absolute Gasteiger partial charge is 0.494 e. The van der Waals surface area contributed by atoms with E-state index in [4.69, 9.17) is 9.31 Å². The molecule has 2 fully saturated rings. The predicted octanol–water partition coefficient (Wildman–Crippen LogP) is 2.88. The van der Waals surface area contributed by atoms with Gasteiger partial charge in [0.15, 0.2) is 0 Å². The molecule has 2 saturated heterocycles. The normalized spacial score (nSPS) is 22.2. The lowest BCUT2D eigenvalue weighted by Gasteiger charge is -2.43. The summed E-state index contributed by atoms with van der Waals surface area (Å²) in [5.41, 5.74) is -0.883. The third kappa shape index (κ3) is 5.83. The van der Waals surface area contributed by atoms with Crippen molar-refractivity contribution >= 4 is 30.5 Å². The number of alkyl halides is 1. The summed E-state index contributed by atoms with van der Waals surface area (Å²) in [6.07, 6.45) is -2.34. The zero-order valence-corrected chi connectivity index (χ0v) is 23.9. The van der Waals surface area contributed by atoms with Gasteiger partial charge in [0, 0.05) is 26.2 Å². The molecular formula is C27H41BFN3O6. The van der Waals surface area contributed by atoms with Crippen molar-refractivity contribution in [3.8, 4) is 0 Å². The Balaban J connectivity index is 2.09. The molecule has 3 rings (SSSR count). The summed E-state index contributed by atoms with van der Waals surface area (Å²) in [5, 5.41) is 10.2. The van der Waals surface area contributed by atoms with Crippen LogP contribution >= 0.6 is 0 Å². The van der Waals surface area contributed by atoms with E-state index in [1.807, 2.05) is 27.7 Å². The minimum absolute atomic E-state index is 0.128. The number of hydrogen-bond acceptors (Lipinski definition) is 5. The van der Waals surface area contributed by atoms with Crippen LogP contribution in [-0.4, -0.2) is 101 Å². The summed E-state index contributed by atoms with van der Waals surface area (Å²) in [6, 6.07) is 5.56. The van der Waals surface area contributed by atoms with Gasteiger partial charge in [-0.15, -0.1) is 0 Å². The van der Waals surface area contributed by atoms with E-state index in [0.717, 1.165) is 10.4 Å². The summed E-state index contributed by atoms with van der Waals surface area (Å²) in [6.45, 7) is 12.9. The quantitative estimate of drug-likeness (QED) is 0.565. The van der Waals surface area contributed by atoms with Gasteiger partial charge in [-0.05, 0) is 65.9 Å². The average molecular weight is 533 g/mol. The molecule has 0 aliphatic carbocycles. The molecule has 0 radical (unpaired) electrons. The standard InChI is InChI=1S/C27H41BFN3O6/c1-25(2,3)32(24(35)36)21(23(34)31-15-14-19(29)16-31)20(22(33)30(8)9)17-10-12-18(13-11-17)28-37-26(4,5)27(6,7)38-28/h10-13,19-21H,14-16H2,1-9H3,(H,35,36)/t19-,20+,21-/m0/s1. The van der Waals surface area contributed by atoms with Crippen molar-refractivity contribution in [3.05, 3.63) is 29.8 Å². The van der Waals surface area contributed by atoms with E-state index in [-0.39, 0.29) is 19.5 Å². The van der Waals surface area contributed by atoms with Gasteiger partial charge >= 0.3 is 13.2 Å². The molecule has 1 aromatic carbocycles. The first-order valence-corrected chi connectivity index (χ1v) is 13.0. The first-order valence-electron chi connectivity index (χ1n) is 13.0. The predicted molar refractivity (Wildman–Crippen MR) is 143 cm³/mol. The molecule has 2 aliphatic rings. The van der Waals surface area contributed by atoms with Gasteiger partial charge in [0.05, 0.1) is 23.7 Å². The number of halogens is 1. The van der Waals surface area contributed by atoms with Crippen LogP contribution in [0.15, 0.2) is 24.3 Å². The highest BCUT2D eigenvalue weighted by atomic mass is 19.1. The number of carbonyl (C=O) groups excluding carboxylic acids is 2. The van der Waals surface area contributed by atoms with Gasteiger partial charge in [0.25, 0.3) is 0 Å². The first kappa shape index (κ1) is 29.9. The molecule has 11 heteroatoms. The number of rotatable bonds is 6. The number of hydrogen-bond donors (Lipinski definition) is 1. The summed E-state index contributed by atoms with van der Waals surface area (Å²) in [7, 11) is 2.50. The van der Waals surface area contributed by atoms with Crippen molar-refractivity contribution in [1.29, 1.82) is 0 Å². The van der Waals surface area contributed by atoms with Gasteiger partial charge < -0.3 is 24.2 Å². The molecule has 0 bridgehead atoms. The van der Waals surface area contributed by atoms with Crippen LogP contribution in [0.3, 0.4) is 0 Å². The second-order valence-corrected chi connectivity index (χ2v) is 12.4. The smallest absolute Gasteiger partial charge is 0.465 e. The van der Waals surface area contributed by atoms with Gasteiger partial charge in [0.2, 0.25) is 11.8 Å². The Morgan fingerprint density at radius 2 is 1.61 bits per heavy atom. The molecule has 38 heavy (non-hydrogen) atoms. The monoisotopic (exact) mass is 533 g/mol. The maximum Gasteiger partial charge on any atom is 0.494 e. The Labute approximate surface area is 225 Å². The van der Waals surface area contributed by atoms with Crippen molar-refractivity contribution in [1.82, 2.24) is 14.7 Å². The van der Waals surface area contributed by atoms with E-state index >= 15 is 0 Å². The molecule has 2 heterocycles. The number of likely N-dealkylation sites (N-methyl/N-ethyl adjacent to an activating group) is 1. The van der Waals surface area contributed by atoms with Gasteiger partial charge in [-0.2, -0.15) is 0 Å². The third-order valence-corrected chi connectivity index (χ3v) is 7.75. The minimum Gasteiger partial charge on any atom is -0.465 e. The molecule has 2 aliphatic heterocycles. The molecule has 3 amide bonds. The Bertz CT molecular complexity index is 1040. The molecule has 0 aromatic heterocycles. The average Bonchev–Trinajstić information content (AvgIpc) is 3.31.